The summed E-state index contributed by atoms with van der Waals surface area (Å²) >= 11 is 0. The van der Waals surface area contributed by atoms with Crippen molar-refractivity contribution in [2.75, 3.05) is 12.4 Å². The zero-order chi connectivity index (χ0) is 27.1. The number of aliphatic hydroxyl groups excluding tert-OH is 2. The predicted octanol–water partition coefficient (Wildman–Crippen LogP) is -0.257. The molecule has 0 saturated carbocycles. The number of hydrogen-bond donors (Lipinski definition) is 4. The summed E-state index contributed by atoms with van der Waals surface area (Å²) in [6, 6.07) is 7.21. The molecule has 1 aliphatic rings. The molecular weight excluding hydrogens is 510 g/mol. The lowest BCUT2D eigenvalue weighted by molar-refractivity contribution is -0.137. The number of likely N-dealkylation sites (N-methyl/N-ethyl adjacent to an activating group) is 1. The lowest BCUT2D eigenvalue weighted by Crippen LogP contribution is -2.41. The highest BCUT2D eigenvalue weighted by Gasteiger charge is 2.47. The van der Waals surface area contributed by atoms with Crippen LogP contribution in [0.25, 0.3) is 28.5 Å². The Labute approximate surface area is 219 Å². The molecule has 16 heteroatoms. The molecule has 1 aliphatic heterocycles. The van der Waals surface area contributed by atoms with Crippen molar-refractivity contribution in [3.05, 3.63) is 54.4 Å². The van der Waals surface area contributed by atoms with Crippen LogP contribution < -0.4 is 10.6 Å². The van der Waals surface area contributed by atoms with Crippen LogP contribution in [0.3, 0.4) is 0 Å². The van der Waals surface area contributed by atoms with Crippen LogP contribution in [0, 0.1) is 6.92 Å². The van der Waals surface area contributed by atoms with E-state index >= 15 is 0 Å². The summed E-state index contributed by atoms with van der Waals surface area (Å²) in [5.41, 5.74) is 2.44. The largest absolute Gasteiger partial charge is 0.387 e. The lowest BCUT2D eigenvalue weighted by Gasteiger charge is -2.17. The monoisotopic (exact) mass is 533 g/mol. The van der Waals surface area contributed by atoms with Crippen molar-refractivity contribution in [2.24, 2.45) is 0 Å². The molecule has 6 rings (SSSR count). The van der Waals surface area contributed by atoms with E-state index < -0.39 is 30.4 Å². The molecule has 0 bridgehead atoms. The lowest BCUT2D eigenvalue weighted by atomic mass is 10.1. The van der Waals surface area contributed by atoms with Crippen molar-refractivity contribution in [2.45, 2.75) is 38.0 Å². The summed E-state index contributed by atoms with van der Waals surface area (Å²) in [4.78, 5) is 30.1. The van der Waals surface area contributed by atoms with Crippen LogP contribution in [-0.4, -0.2) is 86.1 Å². The Morgan fingerprint density at radius 2 is 2.03 bits per heavy atom. The van der Waals surface area contributed by atoms with Gasteiger partial charge in [0.15, 0.2) is 35.1 Å². The van der Waals surface area contributed by atoms with E-state index in [0.717, 1.165) is 5.69 Å². The van der Waals surface area contributed by atoms with E-state index in [9.17, 15) is 15.0 Å². The van der Waals surface area contributed by atoms with E-state index in [-0.39, 0.29) is 18.1 Å². The number of pyridine rings is 1. The summed E-state index contributed by atoms with van der Waals surface area (Å²) in [5.74, 6) is 0.460. The number of nitrogens with one attached hydrogen (secondary N) is 2. The van der Waals surface area contributed by atoms with E-state index in [0.29, 0.717) is 28.5 Å². The topological polar surface area (TPSA) is 204 Å². The van der Waals surface area contributed by atoms with Gasteiger partial charge in [-0.25, -0.2) is 4.98 Å². The van der Waals surface area contributed by atoms with Gasteiger partial charge in [0.1, 0.15) is 17.9 Å². The maximum absolute atomic E-state index is 12.2. The zero-order valence-electron chi connectivity index (χ0n) is 20.7. The maximum atomic E-state index is 12.2. The van der Waals surface area contributed by atoms with Crippen LogP contribution in [0.1, 0.15) is 17.7 Å². The number of carbonyl (C=O) groups is 1. The fraction of sp³-hybridized carbons (Fsp3) is 0.304. The summed E-state index contributed by atoms with van der Waals surface area (Å²) < 4.78 is 13.8. The first-order chi connectivity index (χ1) is 18.9. The molecule has 0 aliphatic carbocycles. The first-order valence-electron chi connectivity index (χ1n) is 11.9. The van der Waals surface area contributed by atoms with E-state index in [1.165, 1.54) is 22.6 Å². The third-order valence-corrected chi connectivity index (χ3v) is 6.16. The third-order valence-electron chi connectivity index (χ3n) is 6.16. The van der Waals surface area contributed by atoms with Crippen molar-refractivity contribution in [1.82, 2.24) is 50.0 Å². The number of rotatable bonds is 7. The second-order valence-corrected chi connectivity index (χ2v) is 8.79. The fourth-order valence-electron chi connectivity index (χ4n) is 4.23. The second kappa shape index (κ2) is 9.82. The van der Waals surface area contributed by atoms with Crippen LogP contribution >= 0.6 is 0 Å². The van der Waals surface area contributed by atoms with Crippen molar-refractivity contribution in [1.29, 1.82) is 0 Å². The van der Waals surface area contributed by atoms with Crippen LogP contribution in [0.15, 0.2) is 47.5 Å². The molecular formula is C23H23N11O5. The Morgan fingerprint density at radius 1 is 1.15 bits per heavy atom. The SMILES string of the molecule is CNC(=O)C1OC(n2cnc3c(NCc4cc(C)no4)nc(-n4cc(-c5ccccn5)nn4)nc32)[C@H](O)[C@@H]1O. The van der Waals surface area contributed by atoms with Gasteiger partial charge in [0, 0.05) is 19.3 Å². The molecule has 200 valence electrons. The van der Waals surface area contributed by atoms with Gasteiger partial charge in [-0.3, -0.25) is 14.3 Å². The first kappa shape index (κ1) is 24.5. The van der Waals surface area contributed by atoms with Gasteiger partial charge in [-0.1, -0.05) is 16.4 Å². The smallest absolute Gasteiger partial charge is 0.256 e. The van der Waals surface area contributed by atoms with Gasteiger partial charge in [-0.2, -0.15) is 14.6 Å². The molecule has 4 N–H and O–H groups in total. The molecule has 5 aromatic rings. The molecule has 1 amide bonds. The molecule has 0 radical (unpaired) electrons. The highest BCUT2D eigenvalue weighted by Crippen LogP contribution is 2.33. The van der Waals surface area contributed by atoms with E-state index in [2.05, 4.69) is 46.0 Å². The highest BCUT2D eigenvalue weighted by molar-refractivity contribution is 5.84. The van der Waals surface area contributed by atoms with Gasteiger partial charge >= 0.3 is 0 Å². The molecule has 1 fully saturated rings. The number of carbonyl (C=O) groups excluding carboxylic acids is 1. The van der Waals surface area contributed by atoms with Gasteiger partial charge in [0.05, 0.1) is 30.5 Å². The van der Waals surface area contributed by atoms with Gasteiger partial charge in [0.25, 0.3) is 11.9 Å². The number of fused-ring (bicyclic) bond motifs is 1. The van der Waals surface area contributed by atoms with E-state index in [4.69, 9.17) is 9.26 Å². The molecule has 39 heavy (non-hydrogen) atoms. The predicted molar refractivity (Wildman–Crippen MR) is 132 cm³/mol. The summed E-state index contributed by atoms with van der Waals surface area (Å²) in [6.07, 6.45) is -0.663. The van der Waals surface area contributed by atoms with Gasteiger partial charge in [0.2, 0.25) is 0 Å². The average Bonchev–Trinajstić information content (AvgIpc) is 3.75. The number of hydrogen-bond acceptors (Lipinski definition) is 13. The Morgan fingerprint density at radius 3 is 2.77 bits per heavy atom. The first-order valence-corrected chi connectivity index (χ1v) is 11.9. The molecule has 0 spiro atoms. The molecule has 5 aromatic heterocycles. The molecule has 1 saturated heterocycles. The Balaban J connectivity index is 1.42. The van der Waals surface area contributed by atoms with Gasteiger partial charge in [-0.05, 0) is 19.1 Å². The number of amides is 1. The van der Waals surface area contributed by atoms with E-state index in [1.54, 1.807) is 30.6 Å². The van der Waals surface area contributed by atoms with Crippen molar-refractivity contribution >= 4 is 22.9 Å². The fourth-order valence-corrected chi connectivity index (χ4v) is 4.23. The molecule has 2 unspecified atom stereocenters. The van der Waals surface area contributed by atoms with Crippen molar-refractivity contribution < 1.29 is 24.3 Å². The summed E-state index contributed by atoms with van der Waals surface area (Å²) in [7, 11) is 1.41. The quantitative estimate of drug-likeness (QED) is 0.213. The highest BCUT2D eigenvalue weighted by atomic mass is 16.6. The Hall–Kier alpha value is -4.80. The van der Waals surface area contributed by atoms with Crippen LogP contribution in [0.5, 0.6) is 0 Å². The van der Waals surface area contributed by atoms with Crippen LogP contribution in [0.4, 0.5) is 5.82 Å². The zero-order valence-corrected chi connectivity index (χ0v) is 20.7. The van der Waals surface area contributed by atoms with E-state index in [1.807, 2.05) is 13.0 Å². The number of nitrogens with zero attached hydrogens (tertiary/aromatic N) is 9. The maximum Gasteiger partial charge on any atom is 0.256 e. The minimum absolute atomic E-state index is 0.131. The second-order valence-electron chi connectivity index (χ2n) is 8.79. The number of imidazole rings is 1. The molecule has 6 heterocycles. The van der Waals surface area contributed by atoms with Gasteiger partial charge in [-0.15, -0.1) is 5.10 Å². The normalized spacial score (nSPS) is 20.9. The number of aromatic nitrogens is 9. The minimum Gasteiger partial charge on any atom is -0.387 e. The Bertz CT molecular complexity index is 1630. The van der Waals surface area contributed by atoms with Crippen molar-refractivity contribution in [3.8, 4) is 17.3 Å². The summed E-state index contributed by atoms with van der Waals surface area (Å²) in [6.45, 7) is 2.06. The van der Waals surface area contributed by atoms with Crippen LogP contribution in [-0.2, 0) is 16.1 Å². The molecule has 4 atom stereocenters. The number of aryl methyl sites for hydroxylation is 1. The number of ether oxygens (including phenoxy) is 1. The van der Waals surface area contributed by atoms with Crippen molar-refractivity contribution in [3.63, 3.8) is 0 Å². The average molecular weight is 534 g/mol. The Kier molecular flexibility index (Phi) is 6.18. The number of aliphatic hydroxyl groups is 2. The molecule has 16 nitrogen and oxygen atoms in total. The summed E-state index contributed by atoms with van der Waals surface area (Å²) in [5, 5.41) is 39.0. The molecule has 0 aromatic carbocycles. The van der Waals surface area contributed by atoms with Gasteiger partial charge < -0.3 is 30.1 Å². The van der Waals surface area contributed by atoms with Crippen LogP contribution in [0.2, 0.25) is 0 Å². The standard InChI is InChI=1S/C23H23N11O5/c1-11-7-12(39-31-11)8-26-19-15-20(33(10-27-15)22-17(36)16(35)18(38-22)21(37)24-2)29-23(28-19)34-9-14(30-32-34)13-5-3-4-6-25-13/h3-7,9-10,16-18,22,35-36H,8H2,1-2H3,(H,24,37)(H,26,28,29)/t16-,17+,18?,22?/m0/s1. The number of anilines is 1. The minimum atomic E-state index is -1.46. The third kappa shape index (κ3) is 4.45.